The summed E-state index contributed by atoms with van der Waals surface area (Å²) in [6, 6.07) is 2.19. The molecule has 1 N–H and O–H groups in total. The van der Waals surface area contributed by atoms with E-state index >= 15 is 0 Å². The molecule has 0 saturated heterocycles. The number of nitriles is 1. The van der Waals surface area contributed by atoms with Crippen molar-refractivity contribution in [1.82, 2.24) is 4.98 Å². The van der Waals surface area contributed by atoms with Crippen molar-refractivity contribution in [3.8, 4) is 6.07 Å². The SMILES string of the molecule is CCCCCc1c(C)[nH]c(=S)c(C#N)c1C. The molecular weight excluding hydrogens is 216 g/mol. The van der Waals surface area contributed by atoms with E-state index in [4.69, 9.17) is 17.5 Å². The van der Waals surface area contributed by atoms with Gasteiger partial charge in [-0.15, -0.1) is 0 Å². The molecule has 2 nitrogen and oxygen atoms in total. The van der Waals surface area contributed by atoms with Gasteiger partial charge in [-0.2, -0.15) is 5.26 Å². The molecule has 0 saturated carbocycles. The minimum absolute atomic E-state index is 0.566. The molecule has 0 spiro atoms. The first-order valence-corrected chi connectivity index (χ1v) is 6.15. The van der Waals surface area contributed by atoms with Crippen LogP contribution in [0.5, 0.6) is 0 Å². The van der Waals surface area contributed by atoms with Gasteiger partial charge in [0.1, 0.15) is 10.7 Å². The van der Waals surface area contributed by atoms with Crippen molar-refractivity contribution in [2.75, 3.05) is 0 Å². The van der Waals surface area contributed by atoms with Gasteiger partial charge < -0.3 is 4.98 Å². The Morgan fingerprint density at radius 3 is 2.56 bits per heavy atom. The van der Waals surface area contributed by atoms with Gasteiger partial charge in [0.2, 0.25) is 0 Å². The normalized spacial score (nSPS) is 10.1. The van der Waals surface area contributed by atoms with Crippen LogP contribution in [0.15, 0.2) is 0 Å². The number of pyridine rings is 1. The average molecular weight is 234 g/mol. The van der Waals surface area contributed by atoms with Gasteiger partial charge in [0, 0.05) is 5.69 Å². The lowest BCUT2D eigenvalue weighted by Crippen LogP contribution is -2.01. The molecule has 0 aliphatic heterocycles. The van der Waals surface area contributed by atoms with E-state index in [0.717, 1.165) is 17.7 Å². The summed E-state index contributed by atoms with van der Waals surface area (Å²) in [6.07, 6.45) is 4.66. The third-order valence-electron chi connectivity index (χ3n) is 2.95. The lowest BCUT2D eigenvalue weighted by atomic mass is 9.98. The molecule has 0 aliphatic carbocycles. The molecule has 0 atom stereocenters. The Bertz CT molecular complexity index is 466. The van der Waals surface area contributed by atoms with E-state index in [9.17, 15) is 0 Å². The van der Waals surface area contributed by atoms with E-state index in [2.05, 4.69) is 18.0 Å². The van der Waals surface area contributed by atoms with E-state index in [1.165, 1.54) is 24.8 Å². The highest BCUT2D eigenvalue weighted by Gasteiger charge is 2.09. The van der Waals surface area contributed by atoms with Gasteiger partial charge in [-0.1, -0.05) is 32.0 Å². The number of aromatic nitrogens is 1. The first-order valence-electron chi connectivity index (χ1n) is 5.74. The maximum absolute atomic E-state index is 9.05. The van der Waals surface area contributed by atoms with Crippen LogP contribution in [-0.4, -0.2) is 4.98 Å². The molecule has 0 unspecified atom stereocenters. The van der Waals surface area contributed by atoms with Gasteiger partial charge in [0.15, 0.2) is 0 Å². The van der Waals surface area contributed by atoms with Crippen LogP contribution in [0.25, 0.3) is 0 Å². The molecule has 3 heteroatoms. The fourth-order valence-electron chi connectivity index (χ4n) is 1.97. The molecule has 1 aromatic rings. The van der Waals surface area contributed by atoms with Crippen molar-refractivity contribution >= 4 is 12.2 Å². The molecule has 0 bridgehead atoms. The van der Waals surface area contributed by atoms with Crippen LogP contribution in [-0.2, 0) is 6.42 Å². The average Bonchev–Trinajstić information content (AvgIpc) is 2.23. The van der Waals surface area contributed by atoms with E-state index in [0.29, 0.717) is 10.2 Å². The summed E-state index contributed by atoms with van der Waals surface area (Å²) >= 11 is 5.14. The predicted octanol–water partition coefficient (Wildman–Crippen LogP) is 3.97. The Balaban J connectivity index is 3.09. The van der Waals surface area contributed by atoms with E-state index in [-0.39, 0.29) is 0 Å². The summed E-state index contributed by atoms with van der Waals surface area (Å²) in [5.41, 5.74) is 4.06. The lowest BCUT2D eigenvalue weighted by Gasteiger charge is -2.11. The maximum Gasteiger partial charge on any atom is 0.121 e. The number of H-pyrrole nitrogens is 1. The van der Waals surface area contributed by atoms with Gasteiger partial charge in [-0.05, 0) is 37.8 Å². The highest BCUT2D eigenvalue weighted by atomic mass is 32.1. The van der Waals surface area contributed by atoms with Gasteiger partial charge in [-0.25, -0.2) is 0 Å². The lowest BCUT2D eigenvalue weighted by molar-refractivity contribution is 0.710. The Hall–Kier alpha value is -1.14. The monoisotopic (exact) mass is 234 g/mol. The van der Waals surface area contributed by atoms with Gasteiger partial charge in [0.05, 0.1) is 5.56 Å². The minimum atomic E-state index is 0.566. The van der Waals surface area contributed by atoms with Crippen LogP contribution in [0.4, 0.5) is 0 Å². The highest BCUT2D eigenvalue weighted by molar-refractivity contribution is 7.71. The third kappa shape index (κ3) is 2.70. The van der Waals surface area contributed by atoms with Crippen molar-refractivity contribution in [1.29, 1.82) is 5.26 Å². The summed E-state index contributed by atoms with van der Waals surface area (Å²) in [7, 11) is 0. The zero-order valence-corrected chi connectivity index (χ0v) is 11.0. The van der Waals surface area contributed by atoms with Crippen LogP contribution in [0.1, 0.15) is 48.6 Å². The van der Waals surface area contributed by atoms with Gasteiger partial charge in [-0.3, -0.25) is 0 Å². The minimum Gasteiger partial charge on any atom is -0.349 e. The zero-order chi connectivity index (χ0) is 12.1. The number of unbranched alkanes of at least 4 members (excludes halogenated alkanes) is 2. The number of hydrogen-bond acceptors (Lipinski definition) is 2. The van der Waals surface area contributed by atoms with Crippen LogP contribution in [0.3, 0.4) is 0 Å². The molecule has 0 aliphatic rings. The van der Waals surface area contributed by atoms with E-state index in [1.54, 1.807) is 0 Å². The molecule has 16 heavy (non-hydrogen) atoms. The number of aromatic amines is 1. The smallest absolute Gasteiger partial charge is 0.121 e. The van der Waals surface area contributed by atoms with Gasteiger partial charge >= 0.3 is 0 Å². The summed E-state index contributed by atoms with van der Waals surface area (Å²) in [6.45, 7) is 6.22. The summed E-state index contributed by atoms with van der Waals surface area (Å²) in [4.78, 5) is 3.12. The second-order valence-electron chi connectivity index (χ2n) is 4.13. The Morgan fingerprint density at radius 1 is 1.31 bits per heavy atom. The first-order chi connectivity index (χ1) is 7.61. The molecule has 0 amide bonds. The summed E-state index contributed by atoms with van der Waals surface area (Å²) < 4.78 is 0.566. The maximum atomic E-state index is 9.05. The van der Waals surface area contributed by atoms with Crippen LogP contribution in [0, 0.1) is 29.8 Å². The fraction of sp³-hybridized carbons (Fsp3) is 0.538. The molecule has 1 heterocycles. The molecule has 1 rings (SSSR count). The van der Waals surface area contributed by atoms with Crippen molar-refractivity contribution in [2.45, 2.75) is 46.5 Å². The van der Waals surface area contributed by atoms with Crippen molar-refractivity contribution in [2.24, 2.45) is 0 Å². The number of hydrogen-bond donors (Lipinski definition) is 1. The standard InChI is InChI=1S/C13H18N2S/c1-4-5-6-7-11-9(2)12(8-14)13(16)15-10(11)3/h4-7H2,1-3H3,(H,15,16). The quantitative estimate of drug-likeness (QED) is 0.632. The van der Waals surface area contributed by atoms with Crippen LogP contribution in [0.2, 0.25) is 0 Å². The Morgan fingerprint density at radius 2 is 2.00 bits per heavy atom. The second kappa shape index (κ2) is 5.81. The summed E-state index contributed by atoms with van der Waals surface area (Å²) in [5.74, 6) is 0. The highest BCUT2D eigenvalue weighted by Crippen LogP contribution is 2.19. The largest absolute Gasteiger partial charge is 0.349 e. The topological polar surface area (TPSA) is 39.6 Å². The van der Waals surface area contributed by atoms with Crippen molar-refractivity contribution in [3.63, 3.8) is 0 Å². The number of rotatable bonds is 4. The second-order valence-corrected chi connectivity index (χ2v) is 4.53. The first kappa shape index (κ1) is 12.9. The number of nitrogens with one attached hydrogen (secondary N) is 1. The van der Waals surface area contributed by atoms with Crippen molar-refractivity contribution in [3.05, 3.63) is 27.0 Å². The fourth-order valence-corrected chi connectivity index (χ4v) is 2.32. The summed E-state index contributed by atoms with van der Waals surface area (Å²) in [5, 5.41) is 9.05. The Kier molecular flexibility index (Phi) is 4.70. The van der Waals surface area contributed by atoms with Crippen molar-refractivity contribution < 1.29 is 0 Å². The van der Waals surface area contributed by atoms with E-state index < -0.39 is 0 Å². The Labute approximate surface area is 102 Å². The molecule has 0 aromatic carbocycles. The van der Waals surface area contributed by atoms with Gasteiger partial charge in [0.25, 0.3) is 0 Å². The molecule has 86 valence electrons. The predicted molar refractivity (Wildman–Crippen MR) is 69.0 cm³/mol. The van der Waals surface area contributed by atoms with E-state index in [1.807, 2.05) is 13.8 Å². The van der Waals surface area contributed by atoms with Crippen LogP contribution < -0.4 is 0 Å². The van der Waals surface area contributed by atoms with Crippen LogP contribution >= 0.6 is 12.2 Å². The zero-order valence-electron chi connectivity index (χ0n) is 10.2. The molecule has 0 fully saturated rings. The third-order valence-corrected chi connectivity index (χ3v) is 3.26. The number of aryl methyl sites for hydroxylation is 1. The number of nitrogens with zero attached hydrogens (tertiary/aromatic N) is 1. The molecular formula is C13H18N2S. The molecule has 0 radical (unpaired) electrons. The molecule has 1 aromatic heterocycles.